The first-order chi connectivity index (χ1) is 14.8. The molecule has 10 heteroatoms. The highest BCUT2D eigenvalue weighted by atomic mass is 79.9. The Kier molecular flexibility index (Phi) is 7.79. The largest absolute Gasteiger partial charge is 0.490 e. The summed E-state index contributed by atoms with van der Waals surface area (Å²) in [6.07, 6.45) is 1.53. The number of carboxylic acid groups (broad SMARTS) is 1. The van der Waals surface area contributed by atoms with Gasteiger partial charge in [0.2, 0.25) is 0 Å². The maximum absolute atomic E-state index is 12.4. The van der Waals surface area contributed by atoms with Gasteiger partial charge in [0.1, 0.15) is 13.2 Å². The first-order valence-electron chi connectivity index (χ1n) is 9.09. The van der Waals surface area contributed by atoms with Gasteiger partial charge in [-0.25, -0.2) is 0 Å². The summed E-state index contributed by atoms with van der Waals surface area (Å²) in [4.78, 5) is 36.1. The quantitative estimate of drug-likeness (QED) is 0.430. The van der Waals surface area contributed by atoms with Crippen LogP contribution in [0.15, 0.2) is 50.2 Å². The number of imide groups is 1. The highest BCUT2D eigenvalue weighted by molar-refractivity contribution is 9.10. The smallest absolute Gasteiger partial charge is 0.323 e. The molecule has 1 aliphatic heterocycles. The molecule has 1 heterocycles. The van der Waals surface area contributed by atoms with Gasteiger partial charge in [-0.3, -0.25) is 19.3 Å². The number of carboxylic acids is 1. The molecule has 0 aromatic heterocycles. The third-order valence-corrected chi connectivity index (χ3v) is 6.25. The number of hydrogen-bond donors (Lipinski definition) is 1. The number of ether oxygens (including phenoxy) is 2. The van der Waals surface area contributed by atoms with Crippen molar-refractivity contribution >= 4 is 66.8 Å². The number of carbonyl (C=O) groups excluding carboxylic acids is 2. The lowest BCUT2D eigenvalue weighted by Crippen LogP contribution is -2.33. The van der Waals surface area contributed by atoms with Crippen LogP contribution in [-0.2, 0) is 16.2 Å². The summed E-state index contributed by atoms with van der Waals surface area (Å²) >= 11 is 7.56. The second-order valence-electron chi connectivity index (χ2n) is 6.33. The fourth-order valence-electron chi connectivity index (χ4n) is 2.70. The molecule has 2 aromatic rings. The van der Waals surface area contributed by atoms with Gasteiger partial charge in [0.25, 0.3) is 11.1 Å². The van der Waals surface area contributed by atoms with Gasteiger partial charge in [0, 0.05) is 8.95 Å². The number of halogens is 2. The topological polar surface area (TPSA) is 93.1 Å². The maximum atomic E-state index is 12.4. The van der Waals surface area contributed by atoms with Crippen molar-refractivity contribution in [3.8, 4) is 11.5 Å². The molecular formula is C21H17Br2NO6S. The first kappa shape index (κ1) is 23.4. The van der Waals surface area contributed by atoms with Crippen LogP contribution in [0.3, 0.4) is 0 Å². The van der Waals surface area contributed by atoms with Gasteiger partial charge < -0.3 is 14.6 Å². The molecule has 0 radical (unpaired) electrons. The van der Waals surface area contributed by atoms with Crippen LogP contribution in [0.5, 0.6) is 11.5 Å². The molecule has 2 amide bonds. The molecule has 0 bridgehead atoms. The van der Waals surface area contributed by atoms with E-state index in [-0.39, 0.29) is 4.91 Å². The molecule has 0 spiro atoms. The standard InChI is InChI=1S/C21H17Br2NO6S/c1-2-29-16-7-13(8-18-20(27)24(10-19(25)26)21(28)31-18)15(23)9-17(16)30-11-12-3-5-14(22)6-4-12/h3-9H,2,10-11H2,1H3,(H,25,26)/b18-8+. The van der Waals surface area contributed by atoms with Gasteiger partial charge in [-0.2, -0.15) is 0 Å². The minimum Gasteiger partial charge on any atom is -0.490 e. The lowest BCUT2D eigenvalue weighted by Gasteiger charge is -2.14. The SMILES string of the molecule is CCOc1cc(/C=C2/SC(=O)N(CC(=O)O)C2=O)c(Br)cc1OCc1ccc(Br)cc1. The number of nitrogens with zero attached hydrogens (tertiary/aromatic N) is 1. The number of hydrogen-bond acceptors (Lipinski definition) is 6. The van der Waals surface area contributed by atoms with E-state index in [1.165, 1.54) is 6.08 Å². The summed E-state index contributed by atoms with van der Waals surface area (Å²) in [5, 5.41) is 8.27. The van der Waals surface area contributed by atoms with Crippen molar-refractivity contribution in [2.45, 2.75) is 13.5 Å². The van der Waals surface area contributed by atoms with Gasteiger partial charge in [-0.1, -0.05) is 44.0 Å². The zero-order valence-electron chi connectivity index (χ0n) is 16.3. The van der Waals surface area contributed by atoms with Gasteiger partial charge in [-0.05, 0) is 60.2 Å². The Balaban J connectivity index is 1.85. The van der Waals surface area contributed by atoms with Gasteiger partial charge in [-0.15, -0.1) is 0 Å². The number of aliphatic carboxylic acids is 1. The Labute approximate surface area is 199 Å². The number of thioether (sulfide) groups is 1. The summed E-state index contributed by atoms with van der Waals surface area (Å²) in [6, 6.07) is 11.2. The fraction of sp³-hybridized carbons (Fsp3) is 0.190. The van der Waals surface area contributed by atoms with Crippen molar-refractivity contribution in [1.29, 1.82) is 0 Å². The van der Waals surface area contributed by atoms with E-state index in [9.17, 15) is 14.4 Å². The molecule has 1 saturated heterocycles. The zero-order chi connectivity index (χ0) is 22.5. The van der Waals surface area contributed by atoms with Crippen molar-refractivity contribution in [1.82, 2.24) is 4.90 Å². The minimum atomic E-state index is -1.25. The van der Waals surface area contributed by atoms with E-state index in [0.29, 0.717) is 51.4 Å². The molecule has 0 atom stereocenters. The van der Waals surface area contributed by atoms with Crippen LogP contribution in [0.25, 0.3) is 6.08 Å². The molecule has 0 unspecified atom stereocenters. The van der Waals surface area contributed by atoms with Crippen LogP contribution in [0.2, 0.25) is 0 Å². The number of carbonyl (C=O) groups is 3. The molecule has 0 aliphatic carbocycles. The van der Waals surface area contributed by atoms with Crippen molar-refractivity contribution in [3.05, 3.63) is 61.4 Å². The number of benzene rings is 2. The molecule has 2 aromatic carbocycles. The van der Waals surface area contributed by atoms with E-state index in [1.54, 1.807) is 12.1 Å². The Morgan fingerprint density at radius 3 is 2.45 bits per heavy atom. The molecule has 162 valence electrons. The zero-order valence-corrected chi connectivity index (χ0v) is 20.3. The molecule has 1 aliphatic rings. The highest BCUT2D eigenvalue weighted by Crippen LogP contribution is 2.38. The predicted molar refractivity (Wildman–Crippen MR) is 124 cm³/mol. The maximum Gasteiger partial charge on any atom is 0.323 e. The second-order valence-corrected chi connectivity index (χ2v) is 9.09. The van der Waals surface area contributed by atoms with E-state index in [1.807, 2.05) is 31.2 Å². The van der Waals surface area contributed by atoms with E-state index >= 15 is 0 Å². The van der Waals surface area contributed by atoms with Crippen molar-refractivity contribution < 1.29 is 29.0 Å². The lowest BCUT2D eigenvalue weighted by molar-refractivity contribution is -0.140. The average molecular weight is 571 g/mol. The Bertz CT molecular complexity index is 1050. The van der Waals surface area contributed by atoms with Crippen LogP contribution in [0, 0.1) is 0 Å². The van der Waals surface area contributed by atoms with Crippen LogP contribution >= 0.6 is 43.6 Å². The van der Waals surface area contributed by atoms with Crippen LogP contribution in [0.1, 0.15) is 18.1 Å². The van der Waals surface area contributed by atoms with E-state index in [2.05, 4.69) is 31.9 Å². The van der Waals surface area contributed by atoms with E-state index in [0.717, 1.165) is 10.0 Å². The fourth-order valence-corrected chi connectivity index (χ4v) is 4.23. The van der Waals surface area contributed by atoms with Crippen LogP contribution < -0.4 is 9.47 Å². The highest BCUT2D eigenvalue weighted by Gasteiger charge is 2.36. The van der Waals surface area contributed by atoms with Gasteiger partial charge in [0.05, 0.1) is 11.5 Å². The predicted octanol–water partition coefficient (Wildman–Crippen LogP) is 5.31. The van der Waals surface area contributed by atoms with Crippen LogP contribution in [0.4, 0.5) is 4.79 Å². The molecule has 7 nitrogen and oxygen atoms in total. The monoisotopic (exact) mass is 569 g/mol. The second kappa shape index (κ2) is 10.3. The van der Waals surface area contributed by atoms with Crippen LogP contribution in [-0.4, -0.2) is 40.3 Å². The third kappa shape index (κ3) is 5.90. The summed E-state index contributed by atoms with van der Waals surface area (Å²) < 4.78 is 13.2. The third-order valence-electron chi connectivity index (χ3n) is 4.12. The minimum absolute atomic E-state index is 0.137. The van der Waals surface area contributed by atoms with E-state index in [4.69, 9.17) is 14.6 Å². The summed E-state index contributed by atoms with van der Waals surface area (Å²) in [7, 11) is 0. The molecular weight excluding hydrogens is 554 g/mol. The Morgan fingerprint density at radius 2 is 1.81 bits per heavy atom. The Hall–Kier alpha value is -2.30. The number of rotatable bonds is 8. The van der Waals surface area contributed by atoms with Crippen molar-refractivity contribution in [3.63, 3.8) is 0 Å². The normalized spacial score (nSPS) is 14.9. The van der Waals surface area contributed by atoms with Gasteiger partial charge >= 0.3 is 5.97 Å². The summed E-state index contributed by atoms with van der Waals surface area (Å²) in [6.45, 7) is 1.92. The molecule has 1 N–H and O–H groups in total. The summed E-state index contributed by atoms with van der Waals surface area (Å²) in [5.41, 5.74) is 1.58. The lowest BCUT2D eigenvalue weighted by atomic mass is 10.1. The van der Waals surface area contributed by atoms with Crippen molar-refractivity contribution in [2.75, 3.05) is 13.2 Å². The summed E-state index contributed by atoms with van der Waals surface area (Å²) in [5.74, 6) is -0.889. The molecule has 31 heavy (non-hydrogen) atoms. The first-order valence-corrected chi connectivity index (χ1v) is 11.5. The number of amides is 2. The average Bonchev–Trinajstić information content (AvgIpc) is 2.97. The molecule has 1 fully saturated rings. The molecule has 0 saturated carbocycles. The van der Waals surface area contributed by atoms with E-state index < -0.39 is 23.7 Å². The van der Waals surface area contributed by atoms with Crippen molar-refractivity contribution in [2.24, 2.45) is 0 Å². The molecule has 3 rings (SSSR count). The Morgan fingerprint density at radius 1 is 1.13 bits per heavy atom. The van der Waals surface area contributed by atoms with Gasteiger partial charge in [0.15, 0.2) is 11.5 Å².